The fraction of sp³-hybridized carbons (Fsp3) is 0.235. The van der Waals surface area contributed by atoms with E-state index in [2.05, 4.69) is 54.5 Å². The van der Waals surface area contributed by atoms with Crippen molar-refractivity contribution in [2.45, 2.75) is 19.4 Å². The van der Waals surface area contributed by atoms with Gasteiger partial charge >= 0.3 is 0 Å². The molecule has 3 heteroatoms. The number of hydrogen-bond donors (Lipinski definition) is 1. The van der Waals surface area contributed by atoms with Crippen molar-refractivity contribution in [1.29, 1.82) is 0 Å². The van der Waals surface area contributed by atoms with Gasteiger partial charge in [0, 0.05) is 24.3 Å². The van der Waals surface area contributed by atoms with Gasteiger partial charge in [-0.15, -0.1) is 0 Å². The minimum Gasteiger partial charge on any atom is -0.324 e. The lowest BCUT2D eigenvalue weighted by atomic mass is 9.96. The number of rotatable bonds is 3. The second kappa shape index (κ2) is 5.10. The first-order valence-electron chi connectivity index (χ1n) is 6.87. The van der Waals surface area contributed by atoms with E-state index in [0.29, 0.717) is 0 Å². The predicted molar refractivity (Wildman–Crippen MR) is 82.5 cm³/mol. The number of nitrogens with zero attached hydrogens (tertiary/aromatic N) is 2. The second-order valence-electron chi connectivity index (χ2n) is 5.26. The highest BCUT2D eigenvalue weighted by Gasteiger charge is 2.14. The topological polar surface area (TPSA) is 43.8 Å². The van der Waals surface area contributed by atoms with Crippen molar-refractivity contribution in [3.8, 4) is 0 Å². The first kappa shape index (κ1) is 12.9. The first-order valence-corrected chi connectivity index (χ1v) is 6.87. The molecule has 2 N–H and O–H groups in total. The highest BCUT2D eigenvalue weighted by molar-refractivity contribution is 5.85. The molecule has 0 saturated carbocycles. The van der Waals surface area contributed by atoms with Gasteiger partial charge in [0.1, 0.15) is 0 Å². The molecular weight excluding hydrogens is 246 g/mol. The van der Waals surface area contributed by atoms with Gasteiger partial charge < -0.3 is 5.73 Å². The summed E-state index contributed by atoms with van der Waals surface area (Å²) < 4.78 is 1.87. The number of fused-ring (bicyclic) bond motifs is 1. The highest BCUT2D eigenvalue weighted by atomic mass is 15.3. The normalized spacial score (nSPS) is 12.8. The smallest absolute Gasteiger partial charge is 0.0540 e. The van der Waals surface area contributed by atoms with Gasteiger partial charge in [0.05, 0.1) is 6.20 Å². The van der Waals surface area contributed by atoms with Crippen molar-refractivity contribution in [2.24, 2.45) is 12.8 Å². The molecular formula is C17H19N3. The van der Waals surface area contributed by atoms with Gasteiger partial charge in [-0.3, -0.25) is 4.68 Å². The summed E-state index contributed by atoms with van der Waals surface area (Å²) >= 11 is 0. The maximum Gasteiger partial charge on any atom is 0.0540 e. The van der Waals surface area contributed by atoms with Crippen molar-refractivity contribution >= 4 is 10.8 Å². The van der Waals surface area contributed by atoms with Crippen LogP contribution in [-0.2, 0) is 13.5 Å². The van der Waals surface area contributed by atoms with Gasteiger partial charge in [0.25, 0.3) is 0 Å². The van der Waals surface area contributed by atoms with Crippen LogP contribution >= 0.6 is 0 Å². The average molecular weight is 265 g/mol. The molecule has 0 radical (unpaired) electrons. The second-order valence-corrected chi connectivity index (χ2v) is 5.26. The van der Waals surface area contributed by atoms with Crippen molar-refractivity contribution in [1.82, 2.24) is 9.78 Å². The van der Waals surface area contributed by atoms with Crippen LogP contribution in [0.15, 0.2) is 48.7 Å². The minimum absolute atomic E-state index is 0.0190. The van der Waals surface area contributed by atoms with Crippen LogP contribution < -0.4 is 5.73 Å². The Hall–Kier alpha value is -2.13. The summed E-state index contributed by atoms with van der Waals surface area (Å²) in [5.74, 6) is 0. The number of hydrogen-bond acceptors (Lipinski definition) is 2. The van der Waals surface area contributed by atoms with E-state index >= 15 is 0 Å². The Morgan fingerprint density at radius 3 is 2.65 bits per heavy atom. The van der Waals surface area contributed by atoms with Gasteiger partial charge in [-0.05, 0) is 29.7 Å². The predicted octanol–water partition coefficient (Wildman–Crippen LogP) is 3.12. The molecule has 0 aliphatic rings. The van der Waals surface area contributed by atoms with E-state index in [1.54, 1.807) is 0 Å². The van der Waals surface area contributed by atoms with Crippen molar-refractivity contribution in [3.05, 3.63) is 65.5 Å². The van der Waals surface area contributed by atoms with Crippen LogP contribution in [0.25, 0.3) is 10.8 Å². The monoisotopic (exact) mass is 265 g/mol. The van der Waals surface area contributed by atoms with E-state index in [9.17, 15) is 0 Å². The maximum atomic E-state index is 6.38. The molecule has 1 heterocycles. The number of aromatic nitrogens is 2. The Morgan fingerprint density at radius 2 is 1.90 bits per heavy atom. The summed E-state index contributed by atoms with van der Waals surface area (Å²) in [4.78, 5) is 0. The van der Waals surface area contributed by atoms with E-state index in [1.165, 1.54) is 16.3 Å². The largest absolute Gasteiger partial charge is 0.324 e. The Kier molecular flexibility index (Phi) is 3.28. The number of nitrogens with two attached hydrogens (primary N) is 1. The van der Waals surface area contributed by atoms with Crippen molar-refractivity contribution < 1.29 is 0 Å². The maximum absolute atomic E-state index is 6.38. The van der Waals surface area contributed by atoms with Gasteiger partial charge in [-0.2, -0.15) is 5.10 Å². The SMILES string of the molecule is Cc1c(C(N)Cc2cccc3ccccc23)cnn1C. The van der Waals surface area contributed by atoms with Crippen LogP contribution in [0, 0.1) is 6.92 Å². The fourth-order valence-corrected chi connectivity index (χ4v) is 2.70. The van der Waals surface area contributed by atoms with Crippen molar-refractivity contribution in [2.75, 3.05) is 0 Å². The van der Waals surface area contributed by atoms with E-state index < -0.39 is 0 Å². The molecule has 102 valence electrons. The van der Waals surface area contributed by atoms with Gasteiger partial charge in [-0.25, -0.2) is 0 Å². The Balaban J connectivity index is 1.95. The molecule has 20 heavy (non-hydrogen) atoms. The first-order chi connectivity index (χ1) is 9.66. The molecule has 3 nitrogen and oxygen atoms in total. The van der Waals surface area contributed by atoms with Crippen LogP contribution in [0.4, 0.5) is 0 Å². The third kappa shape index (κ3) is 2.21. The zero-order valence-corrected chi connectivity index (χ0v) is 11.9. The number of aryl methyl sites for hydroxylation is 1. The molecule has 0 bridgehead atoms. The molecule has 1 atom stereocenters. The summed E-state index contributed by atoms with van der Waals surface area (Å²) in [5, 5.41) is 6.83. The zero-order chi connectivity index (χ0) is 14.1. The molecule has 0 aliphatic heterocycles. The third-order valence-corrected chi connectivity index (χ3v) is 3.99. The van der Waals surface area contributed by atoms with Gasteiger partial charge in [0.15, 0.2) is 0 Å². The van der Waals surface area contributed by atoms with Gasteiger partial charge in [-0.1, -0.05) is 42.5 Å². The Morgan fingerprint density at radius 1 is 1.15 bits per heavy atom. The molecule has 2 aromatic carbocycles. The minimum atomic E-state index is -0.0190. The summed E-state index contributed by atoms with van der Waals surface area (Å²) in [5.41, 5.74) is 9.93. The average Bonchev–Trinajstić information content (AvgIpc) is 2.79. The van der Waals surface area contributed by atoms with Crippen LogP contribution in [0.5, 0.6) is 0 Å². The van der Waals surface area contributed by atoms with Crippen LogP contribution in [0.3, 0.4) is 0 Å². The summed E-state index contributed by atoms with van der Waals surface area (Å²) in [6, 6.07) is 14.8. The third-order valence-electron chi connectivity index (χ3n) is 3.99. The molecule has 0 fully saturated rings. The molecule has 3 rings (SSSR count). The molecule has 0 amide bonds. The van der Waals surface area contributed by atoms with Crippen molar-refractivity contribution in [3.63, 3.8) is 0 Å². The molecule has 1 aromatic heterocycles. The summed E-state index contributed by atoms with van der Waals surface area (Å²) in [6.07, 6.45) is 2.71. The highest BCUT2D eigenvalue weighted by Crippen LogP contribution is 2.24. The fourth-order valence-electron chi connectivity index (χ4n) is 2.70. The van der Waals surface area contributed by atoms with Gasteiger partial charge in [0.2, 0.25) is 0 Å². The summed E-state index contributed by atoms with van der Waals surface area (Å²) in [6.45, 7) is 2.06. The molecule has 0 saturated heterocycles. The molecule has 0 spiro atoms. The zero-order valence-electron chi connectivity index (χ0n) is 11.9. The van der Waals surface area contributed by atoms with Crippen LogP contribution in [-0.4, -0.2) is 9.78 Å². The van der Waals surface area contributed by atoms with Crippen LogP contribution in [0.1, 0.15) is 22.9 Å². The van der Waals surface area contributed by atoms with E-state index in [-0.39, 0.29) is 6.04 Å². The molecule has 1 unspecified atom stereocenters. The molecule has 0 aliphatic carbocycles. The Bertz CT molecular complexity index is 738. The van der Waals surface area contributed by atoms with E-state index in [0.717, 1.165) is 17.7 Å². The summed E-state index contributed by atoms with van der Waals surface area (Å²) in [7, 11) is 1.95. The van der Waals surface area contributed by atoms with E-state index in [4.69, 9.17) is 5.73 Å². The lowest BCUT2D eigenvalue weighted by Crippen LogP contribution is -2.14. The van der Waals surface area contributed by atoms with Crippen LogP contribution in [0.2, 0.25) is 0 Å². The quantitative estimate of drug-likeness (QED) is 0.790. The molecule has 3 aromatic rings. The Labute approximate surface area is 119 Å². The standard InChI is InChI=1S/C17H19N3/c1-12-16(11-19-20(12)2)17(18)10-14-8-5-7-13-6-3-4-9-15(13)14/h3-9,11,17H,10,18H2,1-2H3. The van der Waals surface area contributed by atoms with E-state index in [1.807, 2.05) is 17.9 Å². The lowest BCUT2D eigenvalue weighted by molar-refractivity contribution is 0.703. The number of benzene rings is 2. The lowest BCUT2D eigenvalue weighted by Gasteiger charge is -2.13.